The minimum atomic E-state index is -0.202. The number of carbonyl (C=O) groups is 1. The highest BCUT2D eigenvalue weighted by Gasteiger charge is 2.29. The van der Waals surface area contributed by atoms with E-state index in [0.717, 1.165) is 25.2 Å². The summed E-state index contributed by atoms with van der Waals surface area (Å²) in [6.45, 7) is 1.91. The number of aliphatic hydroxyl groups is 1. The summed E-state index contributed by atoms with van der Waals surface area (Å²) < 4.78 is 7.59. The Morgan fingerprint density at radius 3 is 2.85 bits per heavy atom. The molecular formula is C21H23N3O3. The molecule has 0 aliphatic carbocycles. The topological polar surface area (TPSA) is 71.5 Å². The van der Waals surface area contributed by atoms with Crippen molar-refractivity contribution in [3.8, 4) is 0 Å². The Morgan fingerprint density at radius 1 is 1.22 bits per heavy atom. The normalized spacial score (nSPS) is 17.2. The molecule has 27 heavy (non-hydrogen) atoms. The second-order valence-electron chi connectivity index (χ2n) is 6.91. The van der Waals surface area contributed by atoms with Crippen LogP contribution in [0, 0.1) is 0 Å². The van der Waals surface area contributed by atoms with Gasteiger partial charge in [-0.05, 0) is 30.5 Å². The Bertz CT molecular complexity index is 900. The van der Waals surface area contributed by atoms with Gasteiger partial charge in [0.1, 0.15) is 18.2 Å². The van der Waals surface area contributed by atoms with Crippen LogP contribution in [0.15, 0.2) is 59.3 Å². The van der Waals surface area contributed by atoms with Crippen molar-refractivity contribution in [1.29, 1.82) is 0 Å². The van der Waals surface area contributed by atoms with Gasteiger partial charge in [0.05, 0.1) is 0 Å². The fourth-order valence-corrected chi connectivity index (χ4v) is 3.70. The average Bonchev–Trinajstić information content (AvgIpc) is 3.38. The molecule has 0 radical (unpaired) electrons. The van der Waals surface area contributed by atoms with Crippen LogP contribution in [0.4, 0.5) is 0 Å². The Balaban J connectivity index is 1.49. The second kappa shape index (κ2) is 7.80. The predicted molar refractivity (Wildman–Crippen MR) is 100 cm³/mol. The van der Waals surface area contributed by atoms with Crippen LogP contribution in [0.5, 0.6) is 0 Å². The Labute approximate surface area is 158 Å². The first-order chi connectivity index (χ1) is 13.2. The Kier molecular flexibility index (Phi) is 5.07. The third kappa shape index (κ3) is 3.80. The van der Waals surface area contributed by atoms with Gasteiger partial charge in [-0.2, -0.15) is 0 Å². The zero-order valence-electron chi connectivity index (χ0n) is 15.1. The Hall–Kier alpha value is -2.86. The minimum absolute atomic E-state index is 0.124. The molecule has 1 amide bonds. The molecule has 140 valence electrons. The van der Waals surface area contributed by atoms with Crippen molar-refractivity contribution < 1.29 is 14.3 Å². The van der Waals surface area contributed by atoms with E-state index in [1.165, 1.54) is 5.56 Å². The van der Waals surface area contributed by atoms with Crippen molar-refractivity contribution in [2.75, 3.05) is 13.1 Å². The lowest BCUT2D eigenvalue weighted by Crippen LogP contribution is -2.39. The summed E-state index contributed by atoms with van der Waals surface area (Å²) in [4.78, 5) is 19.2. The fourth-order valence-electron chi connectivity index (χ4n) is 3.70. The quantitative estimate of drug-likeness (QED) is 0.754. The summed E-state index contributed by atoms with van der Waals surface area (Å²) in [6, 6.07) is 13.6. The number of hydrogen-bond donors (Lipinski definition) is 1. The average molecular weight is 365 g/mol. The smallest absolute Gasteiger partial charge is 0.289 e. The monoisotopic (exact) mass is 365 g/mol. The van der Waals surface area contributed by atoms with Crippen LogP contribution in [0.1, 0.15) is 46.5 Å². The highest BCUT2D eigenvalue weighted by molar-refractivity contribution is 5.91. The molecule has 6 heteroatoms. The summed E-state index contributed by atoms with van der Waals surface area (Å²) in [5.74, 6) is 1.79. The second-order valence-corrected chi connectivity index (χ2v) is 6.91. The summed E-state index contributed by atoms with van der Waals surface area (Å²) in [7, 11) is 0. The molecule has 1 aromatic carbocycles. The number of aromatic nitrogens is 2. The zero-order chi connectivity index (χ0) is 18.6. The van der Waals surface area contributed by atoms with Gasteiger partial charge in [-0.25, -0.2) is 4.98 Å². The molecule has 4 rings (SSSR count). The van der Waals surface area contributed by atoms with E-state index in [1.54, 1.807) is 12.1 Å². The van der Waals surface area contributed by atoms with Crippen molar-refractivity contribution in [2.45, 2.75) is 31.9 Å². The first kappa shape index (κ1) is 17.5. The van der Waals surface area contributed by atoms with Crippen molar-refractivity contribution in [3.63, 3.8) is 0 Å². The van der Waals surface area contributed by atoms with Gasteiger partial charge >= 0.3 is 0 Å². The summed E-state index contributed by atoms with van der Waals surface area (Å²) in [5.41, 5.74) is 1.23. The van der Waals surface area contributed by atoms with Crippen molar-refractivity contribution in [3.05, 3.63) is 77.8 Å². The lowest BCUT2D eigenvalue weighted by molar-refractivity contribution is 0.0666. The van der Waals surface area contributed by atoms with Crippen LogP contribution in [-0.2, 0) is 13.2 Å². The Morgan fingerprint density at radius 2 is 2.07 bits per heavy atom. The minimum Gasteiger partial charge on any atom is -0.453 e. The van der Waals surface area contributed by atoms with Crippen LogP contribution in [0.2, 0.25) is 0 Å². The largest absolute Gasteiger partial charge is 0.453 e. The molecule has 3 heterocycles. The first-order valence-electron chi connectivity index (χ1n) is 9.28. The van der Waals surface area contributed by atoms with Gasteiger partial charge in [0.25, 0.3) is 5.91 Å². The van der Waals surface area contributed by atoms with Gasteiger partial charge in [0.15, 0.2) is 5.76 Å². The molecule has 3 aromatic rings. The number of furan rings is 1. The number of piperidine rings is 1. The maximum Gasteiger partial charge on any atom is 0.289 e. The van der Waals surface area contributed by atoms with Gasteiger partial charge in [-0.1, -0.05) is 30.3 Å². The van der Waals surface area contributed by atoms with Crippen molar-refractivity contribution in [2.24, 2.45) is 0 Å². The lowest BCUT2D eigenvalue weighted by Gasteiger charge is -2.32. The maximum absolute atomic E-state index is 12.7. The number of aliphatic hydroxyl groups excluding tert-OH is 1. The van der Waals surface area contributed by atoms with E-state index in [4.69, 9.17) is 9.52 Å². The molecule has 1 aliphatic heterocycles. The number of likely N-dealkylation sites (tertiary alicyclic amines) is 1. The van der Waals surface area contributed by atoms with Gasteiger partial charge in [0.2, 0.25) is 0 Å². The molecule has 1 saturated heterocycles. The molecular weight excluding hydrogens is 342 g/mol. The molecule has 0 bridgehead atoms. The van der Waals surface area contributed by atoms with Crippen LogP contribution in [0.25, 0.3) is 0 Å². The number of hydrogen-bond acceptors (Lipinski definition) is 4. The molecule has 0 spiro atoms. The van der Waals surface area contributed by atoms with E-state index in [1.807, 2.05) is 35.5 Å². The third-order valence-electron chi connectivity index (χ3n) is 5.05. The molecule has 0 unspecified atom stereocenters. The lowest BCUT2D eigenvalue weighted by atomic mass is 9.96. The number of nitrogens with zero attached hydrogens (tertiary/aromatic N) is 3. The first-order valence-corrected chi connectivity index (χ1v) is 9.28. The fraction of sp³-hybridized carbons (Fsp3) is 0.333. The van der Waals surface area contributed by atoms with Crippen molar-refractivity contribution in [1.82, 2.24) is 14.5 Å². The molecule has 1 atom stereocenters. The van der Waals surface area contributed by atoms with E-state index < -0.39 is 0 Å². The molecule has 6 nitrogen and oxygen atoms in total. The van der Waals surface area contributed by atoms with Gasteiger partial charge in [-0.15, -0.1) is 0 Å². The van der Waals surface area contributed by atoms with Gasteiger partial charge < -0.3 is 19.0 Å². The molecule has 1 aliphatic rings. The van der Waals surface area contributed by atoms with Crippen molar-refractivity contribution >= 4 is 5.91 Å². The molecule has 1 N–H and O–H groups in total. The molecule has 1 fully saturated rings. The predicted octanol–water partition coefficient (Wildman–Crippen LogP) is 3.04. The highest BCUT2D eigenvalue weighted by Crippen LogP contribution is 2.27. The van der Waals surface area contributed by atoms with Gasteiger partial charge in [0, 0.05) is 37.9 Å². The third-order valence-corrected chi connectivity index (χ3v) is 5.05. The summed E-state index contributed by atoms with van der Waals surface area (Å²) >= 11 is 0. The number of rotatable bonds is 5. The number of carbonyl (C=O) groups excluding carboxylic acids is 1. The van der Waals surface area contributed by atoms with E-state index in [9.17, 15) is 4.79 Å². The number of amides is 1. The van der Waals surface area contributed by atoms with E-state index in [2.05, 4.69) is 21.7 Å². The van der Waals surface area contributed by atoms with Crippen LogP contribution in [0.3, 0.4) is 0 Å². The number of imidazole rings is 1. The van der Waals surface area contributed by atoms with Crippen LogP contribution >= 0.6 is 0 Å². The number of benzene rings is 1. The van der Waals surface area contributed by atoms with Crippen LogP contribution < -0.4 is 0 Å². The summed E-state index contributed by atoms with van der Waals surface area (Å²) in [5, 5.41) is 9.13. The maximum atomic E-state index is 12.7. The van der Waals surface area contributed by atoms with E-state index in [-0.39, 0.29) is 24.2 Å². The van der Waals surface area contributed by atoms with Crippen LogP contribution in [-0.4, -0.2) is 38.6 Å². The SMILES string of the molecule is O=C(c1ccc(CO)o1)N1CCC[C@@H](c2nccn2Cc2ccccc2)C1. The zero-order valence-corrected chi connectivity index (χ0v) is 15.1. The summed E-state index contributed by atoms with van der Waals surface area (Å²) in [6.07, 6.45) is 5.78. The highest BCUT2D eigenvalue weighted by atomic mass is 16.4. The standard InChI is InChI=1S/C21H23N3O3/c25-15-18-8-9-19(27-18)21(26)24-11-4-7-17(14-24)20-22-10-12-23(20)13-16-5-2-1-3-6-16/h1-3,5-6,8-10,12,17,25H,4,7,11,13-15H2/t17-/m1/s1. The van der Waals surface area contributed by atoms with E-state index in [0.29, 0.717) is 18.8 Å². The van der Waals surface area contributed by atoms with Gasteiger partial charge in [-0.3, -0.25) is 4.79 Å². The van der Waals surface area contributed by atoms with E-state index >= 15 is 0 Å². The molecule has 2 aromatic heterocycles. The molecule has 0 saturated carbocycles.